The number of hydrogen-bond acceptors (Lipinski definition) is 3. The van der Waals surface area contributed by atoms with E-state index in [1.807, 2.05) is 16.8 Å². The Hall–Kier alpha value is -1.68. The molecule has 0 aliphatic heterocycles. The van der Waals surface area contributed by atoms with Gasteiger partial charge >= 0.3 is 0 Å². The highest BCUT2D eigenvalue weighted by Gasteiger charge is 2.12. The van der Waals surface area contributed by atoms with Crippen LogP contribution in [-0.2, 0) is 6.54 Å². The Morgan fingerprint density at radius 3 is 2.72 bits per heavy atom. The summed E-state index contributed by atoms with van der Waals surface area (Å²) < 4.78 is 1.88. The third-order valence-corrected chi connectivity index (χ3v) is 2.67. The van der Waals surface area contributed by atoms with E-state index < -0.39 is 0 Å². The van der Waals surface area contributed by atoms with Crippen molar-refractivity contribution in [2.24, 2.45) is 0 Å². The Balaban J connectivity index is 2.23. The van der Waals surface area contributed by atoms with Crippen LogP contribution in [0.1, 0.15) is 32.0 Å². The molecule has 0 bridgehead atoms. The van der Waals surface area contributed by atoms with Gasteiger partial charge in [-0.05, 0) is 45.4 Å². The van der Waals surface area contributed by atoms with Gasteiger partial charge in [-0.25, -0.2) is 4.68 Å². The van der Waals surface area contributed by atoms with Crippen LogP contribution >= 0.6 is 0 Å². The first kappa shape index (κ1) is 12.8. The molecule has 0 amide bonds. The smallest absolute Gasteiger partial charge is 0.0783 e. The second kappa shape index (κ2) is 4.90. The number of aromatic nitrogens is 3. The maximum atomic E-state index is 4.15. The normalized spacial score (nSPS) is 11.8. The second-order valence-corrected chi connectivity index (χ2v) is 5.58. The Kier molecular flexibility index (Phi) is 3.48. The fraction of sp³-hybridized carbons (Fsp3) is 0.429. The van der Waals surface area contributed by atoms with Gasteiger partial charge in [0.1, 0.15) is 0 Å². The van der Waals surface area contributed by atoms with Crippen LogP contribution in [0.25, 0.3) is 5.69 Å². The minimum absolute atomic E-state index is 0.0850. The van der Waals surface area contributed by atoms with E-state index in [-0.39, 0.29) is 5.54 Å². The summed E-state index contributed by atoms with van der Waals surface area (Å²) >= 11 is 0. The van der Waals surface area contributed by atoms with Gasteiger partial charge < -0.3 is 5.32 Å². The zero-order valence-electron chi connectivity index (χ0n) is 11.4. The van der Waals surface area contributed by atoms with E-state index in [4.69, 9.17) is 0 Å². The van der Waals surface area contributed by atoms with Crippen molar-refractivity contribution in [2.75, 3.05) is 0 Å². The van der Waals surface area contributed by atoms with Crippen LogP contribution in [0.5, 0.6) is 0 Å². The molecule has 0 spiro atoms. The van der Waals surface area contributed by atoms with Gasteiger partial charge in [0.2, 0.25) is 0 Å². The van der Waals surface area contributed by atoms with E-state index in [1.54, 1.807) is 6.20 Å². The van der Waals surface area contributed by atoms with E-state index in [9.17, 15) is 0 Å². The zero-order valence-corrected chi connectivity index (χ0v) is 11.4. The van der Waals surface area contributed by atoms with Crippen molar-refractivity contribution in [3.63, 3.8) is 0 Å². The lowest BCUT2D eigenvalue weighted by molar-refractivity contribution is 0.418. The van der Waals surface area contributed by atoms with Crippen LogP contribution < -0.4 is 5.32 Å². The van der Waals surface area contributed by atoms with Crippen molar-refractivity contribution in [2.45, 2.75) is 39.8 Å². The SMILES string of the molecule is Cc1cccc(-n2nncc2CNC(C)(C)C)c1. The molecule has 96 valence electrons. The van der Waals surface area contributed by atoms with Crippen molar-refractivity contribution in [1.82, 2.24) is 20.3 Å². The maximum absolute atomic E-state index is 4.15. The summed E-state index contributed by atoms with van der Waals surface area (Å²) in [6.07, 6.45) is 1.81. The molecule has 0 saturated heterocycles. The molecule has 1 heterocycles. The Morgan fingerprint density at radius 2 is 2.06 bits per heavy atom. The lowest BCUT2D eigenvalue weighted by atomic mass is 10.1. The third kappa shape index (κ3) is 3.17. The lowest BCUT2D eigenvalue weighted by Gasteiger charge is -2.20. The van der Waals surface area contributed by atoms with Crippen LogP contribution in [0.2, 0.25) is 0 Å². The van der Waals surface area contributed by atoms with E-state index in [0.29, 0.717) is 0 Å². The van der Waals surface area contributed by atoms with Gasteiger partial charge in [-0.3, -0.25) is 0 Å². The van der Waals surface area contributed by atoms with Gasteiger partial charge in [0.05, 0.1) is 17.6 Å². The molecule has 1 aromatic heterocycles. The zero-order chi connectivity index (χ0) is 13.2. The van der Waals surface area contributed by atoms with Gasteiger partial charge in [-0.15, -0.1) is 5.10 Å². The fourth-order valence-corrected chi connectivity index (χ4v) is 1.71. The summed E-state index contributed by atoms with van der Waals surface area (Å²) in [5.41, 5.74) is 3.42. The van der Waals surface area contributed by atoms with Crippen LogP contribution in [0.15, 0.2) is 30.5 Å². The molecular formula is C14H20N4. The van der Waals surface area contributed by atoms with Gasteiger partial charge in [-0.2, -0.15) is 0 Å². The van der Waals surface area contributed by atoms with Crippen molar-refractivity contribution < 1.29 is 0 Å². The lowest BCUT2D eigenvalue weighted by Crippen LogP contribution is -2.35. The van der Waals surface area contributed by atoms with Gasteiger partial charge in [0.15, 0.2) is 0 Å². The monoisotopic (exact) mass is 244 g/mol. The topological polar surface area (TPSA) is 42.7 Å². The first-order valence-electron chi connectivity index (χ1n) is 6.17. The molecule has 4 nitrogen and oxygen atoms in total. The van der Waals surface area contributed by atoms with E-state index in [0.717, 1.165) is 17.9 Å². The summed E-state index contributed by atoms with van der Waals surface area (Å²) in [7, 11) is 0. The third-order valence-electron chi connectivity index (χ3n) is 2.67. The number of hydrogen-bond donors (Lipinski definition) is 1. The van der Waals surface area contributed by atoms with Gasteiger partial charge in [-0.1, -0.05) is 17.3 Å². The Morgan fingerprint density at radius 1 is 1.28 bits per heavy atom. The van der Waals surface area contributed by atoms with Crippen LogP contribution in [0.3, 0.4) is 0 Å². The molecule has 0 unspecified atom stereocenters. The van der Waals surface area contributed by atoms with E-state index in [2.05, 4.69) is 55.5 Å². The second-order valence-electron chi connectivity index (χ2n) is 5.58. The number of nitrogens with zero attached hydrogens (tertiary/aromatic N) is 3. The molecule has 0 aliphatic rings. The summed E-state index contributed by atoms with van der Waals surface area (Å²) in [5, 5.41) is 11.6. The van der Waals surface area contributed by atoms with Crippen LogP contribution in [0, 0.1) is 6.92 Å². The summed E-state index contributed by atoms with van der Waals surface area (Å²) in [6.45, 7) is 9.27. The molecule has 0 fully saturated rings. The highest BCUT2D eigenvalue weighted by atomic mass is 15.4. The highest BCUT2D eigenvalue weighted by molar-refractivity contribution is 5.35. The number of benzene rings is 1. The molecule has 4 heteroatoms. The first-order valence-corrected chi connectivity index (χ1v) is 6.17. The Labute approximate surface area is 108 Å². The number of aryl methyl sites for hydroxylation is 1. The molecule has 0 atom stereocenters. The molecule has 2 aromatic rings. The summed E-state index contributed by atoms with van der Waals surface area (Å²) in [6, 6.07) is 8.26. The van der Waals surface area contributed by atoms with Crippen molar-refractivity contribution in [3.8, 4) is 5.69 Å². The predicted molar refractivity (Wildman–Crippen MR) is 72.7 cm³/mol. The molecule has 18 heavy (non-hydrogen) atoms. The standard InChI is InChI=1S/C14H20N4/c1-11-6-5-7-12(8-11)18-13(10-16-17-18)9-15-14(2,3)4/h5-8,10,15H,9H2,1-4H3. The van der Waals surface area contributed by atoms with E-state index >= 15 is 0 Å². The van der Waals surface area contributed by atoms with Crippen LogP contribution in [-0.4, -0.2) is 20.5 Å². The van der Waals surface area contributed by atoms with Crippen molar-refractivity contribution in [1.29, 1.82) is 0 Å². The van der Waals surface area contributed by atoms with E-state index in [1.165, 1.54) is 5.56 Å². The van der Waals surface area contributed by atoms with Crippen LogP contribution in [0.4, 0.5) is 0 Å². The number of nitrogens with one attached hydrogen (secondary N) is 1. The molecule has 0 radical (unpaired) electrons. The minimum Gasteiger partial charge on any atom is -0.306 e. The molecule has 0 saturated carbocycles. The molecule has 1 aromatic carbocycles. The van der Waals surface area contributed by atoms with Gasteiger partial charge in [0, 0.05) is 12.1 Å². The predicted octanol–water partition coefficient (Wildman–Crippen LogP) is 2.46. The first-order chi connectivity index (χ1) is 8.46. The Bertz CT molecular complexity index is 523. The largest absolute Gasteiger partial charge is 0.306 e. The average Bonchev–Trinajstić information content (AvgIpc) is 2.73. The summed E-state index contributed by atoms with van der Waals surface area (Å²) in [4.78, 5) is 0. The number of rotatable bonds is 3. The maximum Gasteiger partial charge on any atom is 0.0783 e. The molecule has 1 N–H and O–H groups in total. The highest BCUT2D eigenvalue weighted by Crippen LogP contribution is 2.12. The quantitative estimate of drug-likeness (QED) is 0.902. The minimum atomic E-state index is 0.0850. The van der Waals surface area contributed by atoms with Crippen molar-refractivity contribution in [3.05, 3.63) is 41.7 Å². The summed E-state index contributed by atoms with van der Waals surface area (Å²) in [5.74, 6) is 0. The molecule has 2 rings (SSSR count). The van der Waals surface area contributed by atoms with Gasteiger partial charge in [0.25, 0.3) is 0 Å². The van der Waals surface area contributed by atoms with Crippen molar-refractivity contribution >= 4 is 0 Å². The average molecular weight is 244 g/mol. The molecule has 0 aliphatic carbocycles. The molecular weight excluding hydrogens is 224 g/mol. The fourth-order valence-electron chi connectivity index (χ4n) is 1.71.